The molecule has 0 bridgehead atoms. The van der Waals surface area contributed by atoms with Crippen molar-refractivity contribution in [1.82, 2.24) is 10.3 Å². The Kier molecular flexibility index (Phi) is 5.51. The van der Waals surface area contributed by atoms with Crippen LogP contribution in [0.4, 0.5) is 10.1 Å². The van der Waals surface area contributed by atoms with Crippen LogP contribution in [-0.2, 0) is 16.0 Å². The number of halogens is 1. The number of hydrogen-bond acceptors (Lipinski definition) is 3. The molecule has 1 heterocycles. The van der Waals surface area contributed by atoms with Crippen LogP contribution in [0.5, 0.6) is 0 Å². The zero-order chi connectivity index (χ0) is 18.5. The largest absolute Gasteiger partial charge is 0.355 e. The molecule has 1 aliphatic heterocycles. The van der Waals surface area contributed by atoms with Crippen LogP contribution in [0, 0.1) is 11.7 Å². The predicted octanol–water partition coefficient (Wildman–Crippen LogP) is 2.38. The average Bonchev–Trinajstić information content (AvgIpc) is 3.05. The van der Waals surface area contributed by atoms with Crippen LogP contribution in [0.2, 0.25) is 0 Å². The summed E-state index contributed by atoms with van der Waals surface area (Å²) in [5.74, 6) is -0.814. The Bertz CT molecular complexity index is 764. The Balaban J connectivity index is 1.51. The maximum atomic E-state index is 12.9. The van der Waals surface area contributed by atoms with Crippen molar-refractivity contribution in [1.29, 1.82) is 0 Å². The highest BCUT2D eigenvalue weighted by Gasteiger charge is 2.36. The Hall–Kier alpha value is -2.89. The summed E-state index contributed by atoms with van der Waals surface area (Å²) in [6.45, 7) is 0.830. The Labute approximate surface area is 152 Å². The minimum absolute atomic E-state index is 0.0602. The van der Waals surface area contributed by atoms with Crippen molar-refractivity contribution in [3.63, 3.8) is 0 Å². The molecular weight excluding hydrogens is 333 g/mol. The van der Waals surface area contributed by atoms with Gasteiger partial charge >= 0.3 is 0 Å². The van der Waals surface area contributed by atoms with Gasteiger partial charge in [-0.15, -0.1) is 0 Å². The van der Waals surface area contributed by atoms with E-state index < -0.39 is 0 Å². The monoisotopic (exact) mass is 355 g/mol. The lowest BCUT2D eigenvalue weighted by Gasteiger charge is -2.30. The first-order chi connectivity index (χ1) is 12.5. The summed E-state index contributed by atoms with van der Waals surface area (Å²) < 4.78 is 12.9. The van der Waals surface area contributed by atoms with Gasteiger partial charge in [-0.2, -0.15) is 0 Å². The van der Waals surface area contributed by atoms with E-state index in [2.05, 4.69) is 5.32 Å². The molecule has 1 N–H and O–H groups in total. The smallest absolute Gasteiger partial charge is 0.241 e. The van der Waals surface area contributed by atoms with Crippen molar-refractivity contribution in [2.45, 2.75) is 12.8 Å². The lowest BCUT2D eigenvalue weighted by Crippen LogP contribution is -2.42. The fourth-order valence-electron chi connectivity index (χ4n) is 3.07. The zero-order valence-electron chi connectivity index (χ0n) is 14.7. The highest BCUT2D eigenvalue weighted by molar-refractivity contribution is 5.90. The molecular formula is C20H22FN3O2. The van der Waals surface area contributed by atoms with Gasteiger partial charge in [0.15, 0.2) is 0 Å². The molecule has 2 aromatic carbocycles. The van der Waals surface area contributed by atoms with Crippen molar-refractivity contribution >= 4 is 17.5 Å². The normalized spacial score (nSPS) is 16.6. The van der Waals surface area contributed by atoms with E-state index in [1.165, 1.54) is 12.1 Å². The van der Waals surface area contributed by atoms with Gasteiger partial charge in [0.05, 0.1) is 18.2 Å². The van der Waals surface area contributed by atoms with Gasteiger partial charge in [-0.25, -0.2) is 4.39 Å². The quantitative estimate of drug-likeness (QED) is 0.866. The molecule has 26 heavy (non-hydrogen) atoms. The molecule has 3 rings (SSSR count). The van der Waals surface area contributed by atoms with Gasteiger partial charge in [0, 0.05) is 20.0 Å². The minimum atomic E-state index is -0.359. The van der Waals surface area contributed by atoms with Gasteiger partial charge in [0.2, 0.25) is 11.8 Å². The summed E-state index contributed by atoms with van der Waals surface area (Å²) in [5, 5.41) is 6.27. The summed E-state index contributed by atoms with van der Waals surface area (Å²) >= 11 is 0. The molecule has 0 saturated carbocycles. The highest BCUT2D eigenvalue weighted by atomic mass is 19.1. The molecule has 1 saturated heterocycles. The summed E-state index contributed by atoms with van der Waals surface area (Å²) in [5.41, 5.74) is 1.86. The first-order valence-corrected chi connectivity index (χ1v) is 8.66. The Morgan fingerprint density at radius 3 is 2.58 bits per heavy atom. The molecule has 0 aliphatic carbocycles. The average molecular weight is 355 g/mol. The van der Waals surface area contributed by atoms with E-state index in [9.17, 15) is 14.0 Å². The summed E-state index contributed by atoms with van der Waals surface area (Å²) in [4.78, 5) is 24.7. The predicted molar refractivity (Wildman–Crippen MR) is 97.8 cm³/mol. The third-order valence-electron chi connectivity index (χ3n) is 4.59. The SMILES string of the molecule is CN(c1ccccc1)N1CC(C(=O)NCCc2ccc(F)cc2)CC1=O. The number of para-hydroxylation sites is 1. The summed E-state index contributed by atoms with van der Waals surface area (Å²) in [6, 6.07) is 15.8. The van der Waals surface area contributed by atoms with E-state index >= 15 is 0 Å². The number of rotatable bonds is 6. The van der Waals surface area contributed by atoms with Gasteiger partial charge in [-0.1, -0.05) is 30.3 Å². The van der Waals surface area contributed by atoms with Gasteiger partial charge in [0.1, 0.15) is 5.82 Å². The molecule has 1 fully saturated rings. The molecule has 2 amide bonds. The molecule has 2 aromatic rings. The lowest BCUT2D eigenvalue weighted by atomic mass is 10.1. The summed E-state index contributed by atoms with van der Waals surface area (Å²) in [7, 11) is 1.82. The molecule has 1 atom stereocenters. The van der Waals surface area contributed by atoms with Crippen LogP contribution in [0.1, 0.15) is 12.0 Å². The molecule has 0 aromatic heterocycles. The van der Waals surface area contributed by atoms with Crippen LogP contribution < -0.4 is 10.3 Å². The van der Waals surface area contributed by atoms with E-state index in [0.717, 1.165) is 11.3 Å². The van der Waals surface area contributed by atoms with Crippen molar-refractivity contribution < 1.29 is 14.0 Å². The van der Waals surface area contributed by atoms with Crippen molar-refractivity contribution in [3.8, 4) is 0 Å². The Morgan fingerprint density at radius 1 is 1.19 bits per heavy atom. The number of nitrogens with zero attached hydrogens (tertiary/aromatic N) is 2. The van der Waals surface area contributed by atoms with Gasteiger partial charge in [-0.05, 0) is 36.2 Å². The van der Waals surface area contributed by atoms with E-state index in [-0.39, 0.29) is 30.0 Å². The molecule has 136 valence electrons. The first kappa shape index (κ1) is 17.9. The van der Waals surface area contributed by atoms with Crippen LogP contribution in [0.15, 0.2) is 54.6 Å². The minimum Gasteiger partial charge on any atom is -0.355 e. The maximum absolute atomic E-state index is 12.9. The third kappa shape index (κ3) is 4.20. The number of amides is 2. The molecule has 5 nitrogen and oxygen atoms in total. The highest BCUT2D eigenvalue weighted by Crippen LogP contribution is 2.23. The second-order valence-corrected chi connectivity index (χ2v) is 6.40. The molecule has 1 unspecified atom stereocenters. The molecule has 6 heteroatoms. The van der Waals surface area contributed by atoms with Gasteiger partial charge in [0.25, 0.3) is 0 Å². The lowest BCUT2D eigenvalue weighted by molar-refractivity contribution is -0.129. The van der Waals surface area contributed by atoms with Crippen LogP contribution in [-0.4, -0.2) is 37.0 Å². The third-order valence-corrected chi connectivity index (χ3v) is 4.59. The number of hydrogen-bond donors (Lipinski definition) is 1. The number of carbonyl (C=O) groups excluding carboxylic acids is 2. The number of anilines is 1. The fourth-order valence-corrected chi connectivity index (χ4v) is 3.07. The van der Waals surface area contributed by atoms with Crippen LogP contribution >= 0.6 is 0 Å². The zero-order valence-corrected chi connectivity index (χ0v) is 14.7. The standard InChI is InChI=1S/C20H22FN3O2/c1-23(18-5-3-2-4-6-18)24-14-16(13-19(24)25)20(26)22-12-11-15-7-9-17(21)10-8-15/h2-10,16H,11-14H2,1H3,(H,22,26). The second kappa shape index (κ2) is 7.99. The first-order valence-electron chi connectivity index (χ1n) is 8.66. The van der Waals surface area contributed by atoms with Gasteiger partial charge < -0.3 is 5.32 Å². The number of hydrazine groups is 1. The fraction of sp³-hybridized carbons (Fsp3) is 0.300. The van der Waals surface area contributed by atoms with Crippen LogP contribution in [0.25, 0.3) is 0 Å². The van der Waals surface area contributed by atoms with Crippen LogP contribution in [0.3, 0.4) is 0 Å². The number of carbonyl (C=O) groups is 2. The van der Waals surface area contributed by atoms with Crippen molar-refractivity contribution in [2.75, 3.05) is 25.1 Å². The topological polar surface area (TPSA) is 52.6 Å². The second-order valence-electron chi connectivity index (χ2n) is 6.40. The molecule has 1 aliphatic rings. The van der Waals surface area contributed by atoms with E-state index in [1.54, 1.807) is 22.2 Å². The summed E-state index contributed by atoms with van der Waals surface area (Å²) in [6.07, 6.45) is 0.833. The number of nitrogens with one attached hydrogen (secondary N) is 1. The maximum Gasteiger partial charge on any atom is 0.241 e. The molecule has 0 spiro atoms. The van der Waals surface area contributed by atoms with E-state index in [1.807, 2.05) is 37.4 Å². The Morgan fingerprint density at radius 2 is 1.88 bits per heavy atom. The van der Waals surface area contributed by atoms with Gasteiger partial charge in [-0.3, -0.25) is 19.6 Å². The van der Waals surface area contributed by atoms with E-state index in [0.29, 0.717) is 19.5 Å². The van der Waals surface area contributed by atoms with E-state index in [4.69, 9.17) is 0 Å². The van der Waals surface area contributed by atoms with Crippen molar-refractivity contribution in [3.05, 3.63) is 66.0 Å². The van der Waals surface area contributed by atoms with Crippen molar-refractivity contribution in [2.24, 2.45) is 5.92 Å². The number of benzene rings is 2. The molecule has 0 radical (unpaired) electrons.